The number of nitriles is 1. The van der Waals surface area contributed by atoms with Crippen LogP contribution in [0, 0.1) is 11.3 Å². The molecule has 0 saturated carbocycles. The third-order valence-corrected chi connectivity index (χ3v) is 3.14. The van der Waals surface area contributed by atoms with Crippen molar-refractivity contribution in [2.45, 2.75) is 38.8 Å². The first kappa shape index (κ1) is 19.3. The quantitative estimate of drug-likeness (QED) is 0.856. The van der Waals surface area contributed by atoms with Crippen molar-refractivity contribution in [2.24, 2.45) is 0 Å². The molecule has 24 heavy (non-hydrogen) atoms. The van der Waals surface area contributed by atoms with Crippen molar-refractivity contribution in [3.8, 4) is 6.07 Å². The Labute approximate surface area is 141 Å². The molecule has 0 heterocycles. The molecular formula is C17H23N3O4. The number of anilines is 1. The first-order valence-corrected chi connectivity index (χ1v) is 7.46. The molecule has 0 spiro atoms. The highest BCUT2D eigenvalue weighted by Crippen LogP contribution is 2.19. The summed E-state index contributed by atoms with van der Waals surface area (Å²) >= 11 is 0. The molecule has 0 radical (unpaired) electrons. The first-order chi connectivity index (χ1) is 11.0. The lowest BCUT2D eigenvalue weighted by Crippen LogP contribution is -2.44. The summed E-state index contributed by atoms with van der Waals surface area (Å²) in [6.45, 7) is 5.07. The average molecular weight is 333 g/mol. The molecule has 1 atom stereocenters. The lowest BCUT2D eigenvalue weighted by Gasteiger charge is -2.22. The molecule has 0 fully saturated rings. The fourth-order valence-electron chi connectivity index (χ4n) is 1.99. The Balaban J connectivity index is 2.96. The van der Waals surface area contributed by atoms with Gasteiger partial charge in [0.05, 0.1) is 11.6 Å². The van der Waals surface area contributed by atoms with E-state index in [0.717, 1.165) is 5.69 Å². The number of aliphatic carboxylic acids is 1. The molecule has 7 heteroatoms. The van der Waals surface area contributed by atoms with Crippen LogP contribution in [0.1, 0.15) is 31.9 Å². The predicted molar refractivity (Wildman–Crippen MR) is 90.0 cm³/mol. The van der Waals surface area contributed by atoms with E-state index in [4.69, 9.17) is 4.74 Å². The monoisotopic (exact) mass is 333 g/mol. The van der Waals surface area contributed by atoms with Gasteiger partial charge in [0.15, 0.2) is 0 Å². The third kappa shape index (κ3) is 5.80. The van der Waals surface area contributed by atoms with Crippen molar-refractivity contribution < 1.29 is 19.4 Å². The zero-order valence-electron chi connectivity index (χ0n) is 14.6. The second kappa shape index (κ2) is 7.68. The molecule has 130 valence electrons. The van der Waals surface area contributed by atoms with Gasteiger partial charge in [0.1, 0.15) is 11.6 Å². The van der Waals surface area contributed by atoms with Gasteiger partial charge < -0.3 is 20.1 Å². The molecule has 7 nitrogen and oxygen atoms in total. The van der Waals surface area contributed by atoms with Crippen LogP contribution in [0.4, 0.5) is 10.5 Å². The van der Waals surface area contributed by atoms with E-state index in [1.807, 2.05) is 19.0 Å². The Morgan fingerprint density at radius 3 is 2.46 bits per heavy atom. The molecular weight excluding hydrogens is 310 g/mol. The summed E-state index contributed by atoms with van der Waals surface area (Å²) < 4.78 is 5.08. The Hall–Kier alpha value is -2.75. The summed E-state index contributed by atoms with van der Waals surface area (Å²) in [5.41, 5.74) is 1.03. The number of ether oxygens (including phenoxy) is 1. The molecule has 0 aromatic heterocycles. The number of carboxylic acids is 1. The number of rotatable bonds is 5. The normalized spacial score (nSPS) is 12.0. The summed E-state index contributed by atoms with van der Waals surface area (Å²) in [4.78, 5) is 25.1. The van der Waals surface area contributed by atoms with Crippen molar-refractivity contribution in [3.05, 3.63) is 29.3 Å². The van der Waals surface area contributed by atoms with Crippen LogP contribution in [-0.2, 0) is 16.0 Å². The maximum absolute atomic E-state index is 11.8. The zero-order chi connectivity index (χ0) is 18.5. The minimum atomic E-state index is -1.19. The SMILES string of the molecule is CN(C)c1ccc(C[C@H](NC(=O)OC(C)(C)C)C(=O)O)c(C#N)c1. The molecule has 0 bridgehead atoms. The molecule has 1 aromatic rings. The number of benzene rings is 1. The molecule has 1 amide bonds. The van der Waals surface area contributed by atoms with E-state index in [1.165, 1.54) is 0 Å². The van der Waals surface area contributed by atoms with Crippen LogP contribution in [0.5, 0.6) is 0 Å². The number of nitrogens with zero attached hydrogens (tertiary/aromatic N) is 2. The largest absolute Gasteiger partial charge is 0.480 e. The number of hydrogen-bond donors (Lipinski definition) is 2. The maximum Gasteiger partial charge on any atom is 0.408 e. The summed E-state index contributed by atoms with van der Waals surface area (Å²) in [6.07, 6.45) is -0.816. The minimum Gasteiger partial charge on any atom is -0.480 e. The van der Waals surface area contributed by atoms with E-state index < -0.39 is 23.7 Å². The van der Waals surface area contributed by atoms with E-state index in [9.17, 15) is 20.0 Å². The average Bonchev–Trinajstić information content (AvgIpc) is 2.44. The van der Waals surface area contributed by atoms with Crippen LogP contribution in [0.25, 0.3) is 0 Å². The van der Waals surface area contributed by atoms with Crippen LogP contribution < -0.4 is 10.2 Å². The Bertz CT molecular complexity index is 657. The summed E-state index contributed by atoms with van der Waals surface area (Å²) in [5.74, 6) is -1.19. The molecule has 0 saturated heterocycles. The molecule has 1 aromatic carbocycles. The van der Waals surface area contributed by atoms with Gasteiger partial charge in [0.25, 0.3) is 0 Å². The zero-order valence-corrected chi connectivity index (χ0v) is 14.6. The second-order valence-electron chi connectivity index (χ2n) is 6.59. The van der Waals surface area contributed by atoms with Crippen molar-refractivity contribution in [1.82, 2.24) is 5.32 Å². The van der Waals surface area contributed by atoms with Gasteiger partial charge in [-0.25, -0.2) is 9.59 Å². The van der Waals surface area contributed by atoms with Gasteiger partial charge in [0, 0.05) is 26.2 Å². The van der Waals surface area contributed by atoms with Gasteiger partial charge in [-0.2, -0.15) is 5.26 Å². The van der Waals surface area contributed by atoms with Crippen molar-refractivity contribution in [1.29, 1.82) is 5.26 Å². The standard InChI is InChI=1S/C17H23N3O4/c1-17(2,3)24-16(23)19-14(15(21)22)9-11-6-7-13(20(4)5)8-12(11)10-18/h6-8,14H,9H2,1-5H3,(H,19,23)(H,21,22)/t14-/m0/s1. The Morgan fingerprint density at radius 1 is 1.38 bits per heavy atom. The number of carbonyl (C=O) groups excluding carboxylic acids is 1. The van der Waals surface area contributed by atoms with E-state index in [2.05, 4.69) is 11.4 Å². The second-order valence-corrected chi connectivity index (χ2v) is 6.59. The van der Waals surface area contributed by atoms with Crippen molar-refractivity contribution in [3.63, 3.8) is 0 Å². The van der Waals surface area contributed by atoms with Crippen LogP contribution >= 0.6 is 0 Å². The van der Waals surface area contributed by atoms with Crippen LogP contribution in [0.2, 0.25) is 0 Å². The van der Waals surface area contributed by atoms with E-state index in [1.54, 1.807) is 39.0 Å². The smallest absolute Gasteiger partial charge is 0.408 e. The van der Waals surface area contributed by atoms with E-state index in [-0.39, 0.29) is 6.42 Å². The van der Waals surface area contributed by atoms with Gasteiger partial charge in [-0.1, -0.05) is 6.07 Å². The number of nitrogens with one attached hydrogen (secondary N) is 1. The molecule has 1 rings (SSSR count). The first-order valence-electron chi connectivity index (χ1n) is 7.46. The fraction of sp³-hybridized carbons (Fsp3) is 0.471. The highest BCUT2D eigenvalue weighted by atomic mass is 16.6. The molecule has 0 aliphatic rings. The van der Waals surface area contributed by atoms with Gasteiger partial charge in [-0.3, -0.25) is 0 Å². The van der Waals surface area contributed by atoms with Crippen LogP contribution in [-0.4, -0.2) is 42.9 Å². The summed E-state index contributed by atoms with van der Waals surface area (Å²) in [5, 5.41) is 20.9. The van der Waals surface area contributed by atoms with Gasteiger partial charge in [-0.15, -0.1) is 0 Å². The van der Waals surface area contributed by atoms with E-state index >= 15 is 0 Å². The lowest BCUT2D eigenvalue weighted by molar-refractivity contribution is -0.139. The number of alkyl carbamates (subject to hydrolysis) is 1. The number of hydrogen-bond acceptors (Lipinski definition) is 5. The number of amides is 1. The lowest BCUT2D eigenvalue weighted by atomic mass is 10.00. The molecule has 2 N–H and O–H groups in total. The fourth-order valence-corrected chi connectivity index (χ4v) is 1.99. The predicted octanol–water partition coefficient (Wildman–Crippen LogP) is 2.14. The van der Waals surface area contributed by atoms with Crippen LogP contribution in [0.3, 0.4) is 0 Å². The van der Waals surface area contributed by atoms with Crippen molar-refractivity contribution in [2.75, 3.05) is 19.0 Å². The third-order valence-electron chi connectivity index (χ3n) is 3.14. The van der Waals surface area contributed by atoms with Crippen molar-refractivity contribution >= 4 is 17.7 Å². The number of carbonyl (C=O) groups is 2. The molecule has 0 aliphatic carbocycles. The topological polar surface area (TPSA) is 103 Å². The van der Waals surface area contributed by atoms with Gasteiger partial charge in [-0.05, 0) is 38.5 Å². The summed E-state index contributed by atoms with van der Waals surface area (Å²) in [6, 6.07) is 6.05. The Morgan fingerprint density at radius 2 is 2.00 bits per heavy atom. The van der Waals surface area contributed by atoms with Gasteiger partial charge in [0.2, 0.25) is 0 Å². The van der Waals surface area contributed by atoms with Crippen LogP contribution in [0.15, 0.2) is 18.2 Å². The highest BCUT2D eigenvalue weighted by molar-refractivity contribution is 5.80. The maximum atomic E-state index is 11.8. The van der Waals surface area contributed by atoms with E-state index in [0.29, 0.717) is 11.1 Å². The molecule has 0 aliphatic heterocycles. The Kier molecular flexibility index (Phi) is 6.18. The van der Waals surface area contributed by atoms with Gasteiger partial charge >= 0.3 is 12.1 Å². The highest BCUT2D eigenvalue weighted by Gasteiger charge is 2.25. The number of carboxylic acid groups (broad SMARTS) is 1. The summed E-state index contributed by atoms with van der Waals surface area (Å²) in [7, 11) is 3.69. The minimum absolute atomic E-state index is 0.00875. The molecule has 0 unspecified atom stereocenters.